The molecule has 1 radical (unpaired) electrons. The maximum atomic E-state index is 11.3. The van der Waals surface area contributed by atoms with Crippen molar-refractivity contribution >= 4 is 24.0 Å². The Balaban J connectivity index is 2.50. The van der Waals surface area contributed by atoms with Gasteiger partial charge in [0.05, 0.1) is 0 Å². The molecule has 13 heavy (non-hydrogen) atoms. The Morgan fingerprint density at radius 1 is 0.923 bits per heavy atom. The lowest BCUT2D eigenvalue weighted by Crippen LogP contribution is -2.14. The Bertz CT molecular complexity index is 560. The van der Waals surface area contributed by atoms with Gasteiger partial charge in [0.2, 0.25) is 0 Å². The minimum atomic E-state index is 0.123. The SMILES string of the molecule is [O]C1=c2cc3c(cc2C=C1)=CC=C3. The van der Waals surface area contributed by atoms with Crippen LogP contribution >= 0.6 is 0 Å². The van der Waals surface area contributed by atoms with Crippen LogP contribution in [0, 0.1) is 0 Å². The second-order valence-corrected chi connectivity index (χ2v) is 3.29. The lowest BCUT2D eigenvalue weighted by molar-refractivity contribution is 0.390. The predicted molar refractivity (Wildman–Crippen MR) is 52.3 cm³/mol. The Morgan fingerprint density at radius 3 is 2.77 bits per heavy atom. The molecule has 0 atom stereocenters. The minimum absolute atomic E-state index is 0.123. The number of allylic oxidation sites excluding steroid dienone is 1. The van der Waals surface area contributed by atoms with Crippen molar-refractivity contribution in [2.24, 2.45) is 0 Å². The molecular weight excluding hydrogens is 160 g/mol. The van der Waals surface area contributed by atoms with Crippen molar-refractivity contribution in [3.63, 3.8) is 0 Å². The summed E-state index contributed by atoms with van der Waals surface area (Å²) in [7, 11) is 0. The second kappa shape index (κ2) is 2.13. The lowest BCUT2D eigenvalue weighted by atomic mass is 10.1. The van der Waals surface area contributed by atoms with E-state index in [1.165, 1.54) is 5.22 Å². The standard InChI is InChI=1S/C12H7O/c13-12-5-4-10-6-8-2-1-3-9(8)7-11(10)12/h1-7H. The number of benzene rings is 1. The van der Waals surface area contributed by atoms with E-state index in [0.717, 1.165) is 16.3 Å². The first-order valence-corrected chi connectivity index (χ1v) is 4.26. The molecule has 1 aromatic carbocycles. The number of fused-ring (bicyclic) bond motifs is 2. The molecule has 0 bridgehead atoms. The van der Waals surface area contributed by atoms with Crippen molar-refractivity contribution in [2.45, 2.75) is 0 Å². The van der Waals surface area contributed by atoms with Crippen LogP contribution in [-0.2, 0) is 5.11 Å². The number of rotatable bonds is 0. The summed E-state index contributed by atoms with van der Waals surface area (Å²) in [6.07, 6.45) is 9.61. The molecule has 0 aromatic heterocycles. The highest BCUT2D eigenvalue weighted by atomic mass is 16.3. The summed E-state index contributed by atoms with van der Waals surface area (Å²) in [4.78, 5) is 0. The van der Waals surface area contributed by atoms with Crippen LogP contribution in [0.2, 0.25) is 0 Å². The van der Waals surface area contributed by atoms with Gasteiger partial charge in [0.1, 0.15) is 0 Å². The van der Waals surface area contributed by atoms with E-state index in [2.05, 4.69) is 12.1 Å². The molecular formula is C12H7O. The zero-order valence-corrected chi connectivity index (χ0v) is 6.95. The van der Waals surface area contributed by atoms with E-state index in [1.54, 1.807) is 6.08 Å². The van der Waals surface area contributed by atoms with Gasteiger partial charge in [0.25, 0.3) is 0 Å². The van der Waals surface area contributed by atoms with Gasteiger partial charge in [0.15, 0.2) is 5.76 Å². The molecule has 2 aliphatic rings. The first kappa shape index (κ1) is 6.72. The van der Waals surface area contributed by atoms with Gasteiger partial charge in [-0.25, -0.2) is 0 Å². The molecule has 0 saturated heterocycles. The fourth-order valence-corrected chi connectivity index (χ4v) is 1.80. The van der Waals surface area contributed by atoms with Gasteiger partial charge in [-0.3, -0.25) is 5.11 Å². The molecule has 0 fully saturated rings. The molecule has 1 heteroatoms. The molecule has 61 valence electrons. The molecule has 1 nitrogen and oxygen atoms in total. The van der Waals surface area contributed by atoms with E-state index >= 15 is 0 Å². The fourth-order valence-electron chi connectivity index (χ4n) is 1.80. The summed E-state index contributed by atoms with van der Waals surface area (Å²) >= 11 is 0. The predicted octanol–water partition coefficient (Wildman–Crippen LogP) is 1.06. The highest BCUT2D eigenvalue weighted by Crippen LogP contribution is 2.09. The molecule has 3 rings (SSSR count). The Labute approximate surface area is 75.6 Å². The van der Waals surface area contributed by atoms with Crippen LogP contribution in [0.3, 0.4) is 0 Å². The molecule has 0 saturated carbocycles. The van der Waals surface area contributed by atoms with Crippen LogP contribution in [0.15, 0.2) is 24.3 Å². The summed E-state index contributed by atoms with van der Waals surface area (Å²) in [5.74, 6) is 0.123. The van der Waals surface area contributed by atoms with Crippen LogP contribution in [0.5, 0.6) is 0 Å². The highest BCUT2D eigenvalue weighted by molar-refractivity contribution is 5.75. The Morgan fingerprint density at radius 2 is 1.85 bits per heavy atom. The zero-order valence-electron chi connectivity index (χ0n) is 6.95. The molecule has 0 amide bonds. The van der Waals surface area contributed by atoms with Crippen LogP contribution in [-0.4, -0.2) is 0 Å². The van der Waals surface area contributed by atoms with Crippen LogP contribution in [0.1, 0.15) is 11.1 Å². The van der Waals surface area contributed by atoms with Gasteiger partial charge in [-0.2, -0.15) is 0 Å². The molecule has 2 aliphatic carbocycles. The van der Waals surface area contributed by atoms with Crippen LogP contribution < -0.4 is 10.4 Å². The quantitative estimate of drug-likeness (QED) is 0.550. The Hall–Kier alpha value is -1.76. The molecule has 0 aliphatic heterocycles. The number of hydrogen-bond acceptors (Lipinski definition) is 0. The first-order chi connectivity index (χ1) is 6.34. The molecule has 0 N–H and O–H groups in total. The fraction of sp³-hybridized carbons (Fsp3) is 0. The number of hydrogen-bond donors (Lipinski definition) is 0. The third kappa shape index (κ3) is 0.813. The summed E-state index contributed by atoms with van der Waals surface area (Å²) in [6, 6.07) is 4.03. The lowest BCUT2D eigenvalue weighted by Gasteiger charge is -1.94. The van der Waals surface area contributed by atoms with Gasteiger partial charge >= 0.3 is 0 Å². The largest absolute Gasteiger partial charge is 0.289 e. The maximum Gasteiger partial charge on any atom is 0.186 e. The van der Waals surface area contributed by atoms with Gasteiger partial charge in [-0.15, -0.1) is 0 Å². The highest BCUT2D eigenvalue weighted by Gasteiger charge is 2.08. The van der Waals surface area contributed by atoms with Gasteiger partial charge < -0.3 is 0 Å². The van der Waals surface area contributed by atoms with E-state index in [-0.39, 0.29) is 5.76 Å². The molecule has 0 unspecified atom stereocenters. The summed E-state index contributed by atoms with van der Waals surface area (Å²) in [5, 5.41) is 13.4. The average molecular weight is 167 g/mol. The summed E-state index contributed by atoms with van der Waals surface area (Å²) < 4.78 is 0. The zero-order chi connectivity index (χ0) is 8.84. The van der Waals surface area contributed by atoms with Crippen molar-refractivity contribution in [1.82, 2.24) is 0 Å². The average Bonchev–Trinajstić information content (AvgIpc) is 2.70. The van der Waals surface area contributed by atoms with Crippen molar-refractivity contribution in [1.29, 1.82) is 0 Å². The third-order valence-corrected chi connectivity index (χ3v) is 2.49. The van der Waals surface area contributed by atoms with E-state index < -0.39 is 0 Å². The topological polar surface area (TPSA) is 19.9 Å². The maximum absolute atomic E-state index is 11.3. The van der Waals surface area contributed by atoms with Crippen molar-refractivity contribution < 1.29 is 5.11 Å². The van der Waals surface area contributed by atoms with E-state index in [9.17, 15) is 5.11 Å². The van der Waals surface area contributed by atoms with Gasteiger partial charge in [-0.05, 0) is 34.6 Å². The van der Waals surface area contributed by atoms with Crippen molar-refractivity contribution in [3.05, 3.63) is 45.8 Å². The molecule has 1 aromatic rings. The monoisotopic (exact) mass is 167 g/mol. The van der Waals surface area contributed by atoms with Crippen molar-refractivity contribution in [2.75, 3.05) is 0 Å². The third-order valence-electron chi connectivity index (χ3n) is 2.49. The van der Waals surface area contributed by atoms with E-state index in [1.807, 2.05) is 24.3 Å². The van der Waals surface area contributed by atoms with Crippen LogP contribution in [0.25, 0.3) is 24.0 Å². The van der Waals surface area contributed by atoms with Gasteiger partial charge in [0, 0.05) is 5.22 Å². The van der Waals surface area contributed by atoms with E-state index in [4.69, 9.17) is 0 Å². The van der Waals surface area contributed by atoms with Crippen molar-refractivity contribution in [3.8, 4) is 0 Å². The Kier molecular flexibility index (Phi) is 1.10. The summed E-state index contributed by atoms with van der Waals surface area (Å²) in [6.45, 7) is 0. The van der Waals surface area contributed by atoms with E-state index in [0.29, 0.717) is 0 Å². The smallest absolute Gasteiger partial charge is 0.186 e. The summed E-state index contributed by atoms with van der Waals surface area (Å²) in [5.41, 5.74) is 2.19. The molecule has 0 spiro atoms. The first-order valence-electron chi connectivity index (χ1n) is 4.26. The normalized spacial score (nSPS) is 15.8. The molecule has 0 heterocycles. The minimum Gasteiger partial charge on any atom is -0.289 e. The van der Waals surface area contributed by atoms with Crippen LogP contribution in [0.4, 0.5) is 0 Å². The second-order valence-electron chi connectivity index (χ2n) is 3.29. The van der Waals surface area contributed by atoms with Gasteiger partial charge in [-0.1, -0.05) is 24.3 Å².